The number of para-hydroxylation sites is 1. The fraction of sp³-hybridized carbons (Fsp3) is 0.0714. The van der Waals surface area contributed by atoms with Gasteiger partial charge in [-0.05, 0) is 30.3 Å². The van der Waals surface area contributed by atoms with E-state index in [4.69, 9.17) is 5.26 Å². The number of hydrogen-bond acceptors (Lipinski definition) is 4. The first-order valence-electron chi connectivity index (χ1n) is 5.97. The molecule has 0 aromatic heterocycles. The van der Waals surface area contributed by atoms with E-state index in [9.17, 15) is 8.42 Å². The van der Waals surface area contributed by atoms with Crippen LogP contribution in [0, 0.1) is 11.3 Å². The summed E-state index contributed by atoms with van der Waals surface area (Å²) >= 11 is 3.25. The summed E-state index contributed by atoms with van der Waals surface area (Å²) < 4.78 is 28.1. The average molecular weight is 366 g/mol. The van der Waals surface area contributed by atoms with Gasteiger partial charge >= 0.3 is 0 Å². The molecule has 0 saturated heterocycles. The Morgan fingerprint density at radius 2 is 1.86 bits per heavy atom. The Hall–Kier alpha value is -2.04. The van der Waals surface area contributed by atoms with E-state index in [1.165, 1.54) is 6.07 Å². The fourth-order valence-corrected chi connectivity index (χ4v) is 3.46. The summed E-state index contributed by atoms with van der Waals surface area (Å²) in [5.41, 5.74) is 0.974. The van der Waals surface area contributed by atoms with Gasteiger partial charge in [-0.3, -0.25) is 4.72 Å². The Balaban J connectivity index is 2.46. The third-order valence-corrected chi connectivity index (χ3v) is 4.71. The van der Waals surface area contributed by atoms with Crippen molar-refractivity contribution in [3.8, 4) is 6.07 Å². The zero-order chi connectivity index (χ0) is 15.5. The molecule has 21 heavy (non-hydrogen) atoms. The predicted octanol–water partition coefficient (Wildman–Crippen LogP) is 3.16. The molecule has 0 fully saturated rings. The molecule has 108 valence electrons. The maximum Gasteiger partial charge on any atom is 0.263 e. The summed E-state index contributed by atoms with van der Waals surface area (Å²) in [5.74, 6) is 0. The highest BCUT2D eigenvalue weighted by Crippen LogP contribution is 2.26. The summed E-state index contributed by atoms with van der Waals surface area (Å²) in [6, 6.07) is 13.3. The molecule has 0 heterocycles. The Morgan fingerprint density at radius 3 is 2.52 bits per heavy atom. The SMILES string of the molecule is CNc1ccccc1S(=O)(=O)Nc1ccc(Br)cc1C#N. The van der Waals surface area contributed by atoms with Crippen LogP contribution in [0.25, 0.3) is 0 Å². The molecule has 0 radical (unpaired) electrons. The smallest absolute Gasteiger partial charge is 0.263 e. The minimum absolute atomic E-state index is 0.124. The molecule has 0 amide bonds. The van der Waals surface area contributed by atoms with E-state index in [1.807, 2.05) is 6.07 Å². The summed E-state index contributed by atoms with van der Waals surface area (Å²) in [7, 11) is -2.13. The van der Waals surface area contributed by atoms with E-state index < -0.39 is 10.0 Å². The number of halogens is 1. The van der Waals surface area contributed by atoms with E-state index in [1.54, 1.807) is 43.4 Å². The standard InChI is InChI=1S/C14H12BrN3O2S/c1-17-13-4-2-3-5-14(13)21(19,20)18-12-7-6-11(15)8-10(12)9-16/h2-8,17-18H,1H3. The van der Waals surface area contributed by atoms with Crippen LogP contribution in [-0.2, 0) is 10.0 Å². The van der Waals surface area contributed by atoms with Gasteiger partial charge in [0, 0.05) is 11.5 Å². The Labute approximate surface area is 131 Å². The van der Waals surface area contributed by atoms with Gasteiger partial charge < -0.3 is 5.32 Å². The minimum Gasteiger partial charge on any atom is -0.387 e. The second-order valence-corrected chi connectivity index (χ2v) is 6.72. The number of nitriles is 1. The van der Waals surface area contributed by atoms with Crippen molar-refractivity contribution in [3.63, 3.8) is 0 Å². The molecule has 2 aromatic rings. The van der Waals surface area contributed by atoms with E-state index in [2.05, 4.69) is 26.0 Å². The highest BCUT2D eigenvalue weighted by atomic mass is 79.9. The third kappa shape index (κ3) is 3.35. The number of rotatable bonds is 4. The summed E-state index contributed by atoms with van der Waals surface area (Å²) in [6.45, 7) is 0. The quantitative estimate of drug-likeness (QED) is 0.871. The van der Waals surface area contributed by atoms with E-state index >= 15 is 0 Å². The molecular weight excluding hydrogens is 354 g/mol. The number of hydrogen-bond donors (Lipinski definition) is 2. The molecule has 0 atom stereocenters. The van der Waals surface area contributed by atoms with Gasteiger partial charge in [0.2, 0.25) is 0 Å². The topological polar surface area (TPSA) is 82.0 Å². The van der Waals surface area contributed by atoms with Crippen LogP contribution in [0.4, 0.5) is 11.4 Å². The Morgan fingerprint density at radius 1 is 1.14 bits per heavy atom. The van der Waals surface area contributed by atoms with Crippen LogP contribution in [0.3, 0.4) is 0 Å². The van der Waals surface area contributed by atoms with Crippen LogP contribution >= 0.6 is 15.9 Å². The van der Waals surface area contributed by atoms with Gasteiger partial charge in [-0.1, -0.05) is 28.1 Å². The van der Waals surface area contributed by atoms with Crippen LogP contribution in [-0.4, -0.2) is 15.5 Å². The zero-order valence-electron chi connectivity index (χ0n) is 11.1. The maximum atomic E-state index is 12.5. The van der Waals surface area contributed by atoms with Gasteiger partial charge in [0.15, 0.2) is 0 Å². The molecule has 0 aliphatic heterocycles. The first kappa shape index (κ1) is 15.4. The lowest BCUT2D eigenvalue weighted by molar-refractivity contribution is 0.601. The zero-order valence-corrected chi connectivity index (χ0v) is 13.5. The van der Waals surface area contributed by atoms with E-state index in [0.717, 1.165) is 0 Å². The predicted molar refractivity (Wildman–Crippen MR) is 85.7 cm³/mol. The molecule has 0 saturated carbocycles. The van der Waals surface area contributed by atoms with Gasteiger partial charge in [-0.2, -0.15) is 5.26 Å². The largest absolute Gasteiger partial charge is 0.387 e. The van der Waals surface area contributed by atoms with Crippen LogP contribution in [0.15, 0.2) is 51.8 Å². The monoisotopic (exact) mass is 365 g/mol. The number of nitrogens with zero attached hydrogens (tertiary/aromatic N) is 1. The molecule has 0 aliphatic carbocycles. The highest BCUT2D eigenvalue weighted by Gasteiger charge is 2.19. The molecule has 2 N–H and O–H groups in total. The number of benzene rings is 2. The molecule has 0 bridgehead atoms. The third-order valence-electron chi connectivity index (χ3n) is 2.79. The number of sulfonamides is 1. The van der Waals surface area contributed by atoms with Crippen LogP contribution < -0.4 is 10.0 Å². The van der Waals surface area contributed by atoms with Crippen LogP contribution in [0.2, 0.25) is 0 Å². The van der Waals surface area contributed by atoms with Crippen molar-refractivity contribution in [2.45, 2.75) is 4.90 Å². The fourth-order valence-electron chi connectivity index (χ4n) is 1.81. The van der Waals surface area contributed by atoms with Gasteiger partial charge in [0.25, 0.3) is 10.0 Å². The first-order valence-corrected chi connectivity index (χ1v) is 8.25. The van der Waals surface area contributed by atoms with Gasteiger partial charge in [0.05, 0.1) is 16.9 Å². The molecule has 0 aliphatic rings. The van der Waals surface area contributed by atoms with Crippen molar-refractivity contribution in [1.82, 2.24) is 0 Å². The van der Waals surface area contributed by atoms with Crippen molar-refractivity contribution >= 4 is 37.3 Å². The lowest BCUT2D eigenvalue weighted by Gasteiger charge is -2.12. The van der Waals surface area contributed by atoms with Crippen molar-refractivity contribution in [2.75, 3.05) is 17.1 Å². The van der Waals surface area contributed by atoms with Crippen molar-refractivity contribution < 1.29 is 8.42 Å². The maximum absolute atomic E-state index is 12.5. The lowest BCUT2D eigenvalue weighted by Crippen LogP contribution is -2.15. The van der Waals surface area contributed by atoms with Crippen molar-refractivity contribution in [2.24, 2.45) is 0 Å². The summed E-state index contributed by atoms with van der Waals surface area (Å²) in [4.78, 5) is 0.124. The van der Waals surface area contributed by atoms with Gasteiger partial charge in [-0.15, -0.1) is 0 Å². The normalized spacial score (nSPS) is 10.7. The second-order valence-electron chi connectivity index (χ2n) is 4.15. The van der Waals surface area contributed by atoms with E-state index in [-0.39, 0.29) is 16.1 Å². The van der Waals surface area contributed by atoms with E-state index in [0.29, 0.717) is 10.2 Å². The number of nitrogens with one attached hydrogen (secondary N) is 2. The summed E-state index contributed by atoms with van der Waals surface area (Å²) in [5, 5.41) is 11.9. The molecule has 2 aromatic carbocycles. The molecule has 5 nitrogen and oxygen atoms in total. The summed E-state index contributed by atoms with van der Waals surface area (Å²) in [6.07, 6.45) is 0. The highest BCUT2D eigenvalue weighted by molar-refractivity contribution is 9.10. The Bertz CT molecular complexity index is 813. The van der Waals surface area contributed by atoms with Gasteiger partial charge in [-0.25, -0.2) is 8.42 Å². The molecule has 0 unspecified atom stereocenters. The molecule has 2 rings (SSSR count). The number of anilines is 2. The second kappa shape index (κ2) is 6.16. The first-order chi connectivity index (χ1) is 9.97. The lowest BCUT2D eigenvalue weighted by atomic mass is 10.2. The van der Waals surface area contributed by atoms with Gasteiger partial charge in [0.1, 0.15) is 11.0 Å². The van der Waals surface area contributed by atoms with Crippen molar-refractivity contribution in [1.29, 1.82) is 5.26 Å². The Kier molecular flexibility index (Phi) is 4.50. The molecule has 7 heteroatoms. The van der Waals surface area contributed by atoms with Crippen molar-refractivity contribution in [3.05, 3.63) is 52.5 Å². The van der Waals surface area contributed by atoms with Crippen LogP contribution in [0.1, 0.15) is 5.56 Å². The van der Waals surface area contributed by atoms with Crippen LogP contribution in [0.5, 0.6) is 0 Å². The average Bonchev–Trinajstić information content (AvgIpc) is 2.48. The minimum atomic E-state index is -3.78. The molecular formula is C14H12BrN3O2S. The molecule has 0 spiro atoms.